The molecule has 2 unspecified atom stereocenters. The van der Waals surface area contributed by atoms with Crippen LogP contribution in [0, 0.1) is 0 Å². The fourth-order valence-electron chi connectivity index (χ4n) is 4.27. The predicted molar refractivity (Wildman–Crippen MR) is 117 cm³/mol. The molecule has 2 aromatic heterocycles. The number of fused-ring (bicyclic) bond motifs is 2. The summed E-state index contributed by atoms with van der Waals surface area (Å²) in [6, 6.07) is 13.1. The van der Waals surface area contributed by atoms with Crippen molar-refractivity contribution >= 4 is 21.6 Å². The largest absolute Gasteiger partial charge is 0.387 e. The van der Waals surface area contributed by atoms with Crippen molar-refractivity contribution in [2.75, 3.05) is 13.1 Å². The lowest BCUT2D eigenvalue weighted by Gasteiger charge is -2.29. The Labute approximate surface area is 174 Å². The van der Waals surface area contributed by atoms with Gasteiger partial charge in [-0.25, -0.2) is 4.98 Å². The minimum atomic E-state index is -0.485. The second-order valence-electron chi connectivity index (χ2n) is 7.83. The zero-order valence-corrected chi connectivity index (χ0v) is 17.4. The molecule has 0 bridgehead atoms. The number of benzene rings is 2. The van der Waals surface area contributed by atoms with E-state index in [9.17, 15) is 5.11 Å². The first-order valence-electron chi connectivity index (χ1n) is 9.95. The van der Waals surface area contributed by atoms with Crippen LogP contribution in [0.3, 0.4) is 0 Å². The summed E-state index contributed by atoms with van der Waals surface area (Å²) < 4.78 is 3.03. The Balaban J connectivity index is 1.40. The van der Waals surface area contributed by atoms with Gasteiger partial charge in [-0.1, -0.05) is 24.3 Å². The molecule has 0 saturated heterocycles. The highest BCUT2D eigenvalue weighted by atomic mass is 32.1. The van der Waals surface area contributed by atoms with E-state index in [0.717, 1.165) is 35.2 Å². The number of hydrogen-bond acceptors (Lipinski definition) is 5. The number of rotatable bonds is 3. The fourth-order valence-corrected chi connectivity index (χ4v) is 4.93. The molecule has 1 N–H and O–H groups in total. The van der Waals surface area contributed by atoms with Gasteiger partial charge in [0, 0.05) is 37.9 Å². The highest BCUT2D eigenvalue weighted by Gasteiger charge is 2.25. The van der Waals surface area contributed by atoms with E-state index in [2.05, 4.69) is 58.3 Å². The summed E-state index contributed by atoms with van der Waals surface area (Å²) in [5, 5.41) is 15.2. The van der Waals surface area contributed by atoms with E-state index in [0.29, 0.717) is 6.54 Å². The average Bonchev–Trinajstić information content (AvgIpc) is 3.34. The van der Waals surface area contributed by atoms with Gasteiger partial charge in [0.2, 0.25) is 0 Å². The third kappa shape index (κ3) is 3.48. The molecule has 1 aliphatic rings. The molecule has 29 heavy (non-hydrogen) atoms. The SMILES string of the molecule is CC(c1ccc2scnc2c1)N1CCc2cc(-c3cnn(C)c3)ccc2C(O)C1. The Morgan fingerprint density at radius 1 is 1.17 bits per heavy atom. The highest BCUT2D eigenvalue weighted by molar-refractivity contribution is 7.16. The zero-order chi connectivity index (χ0) is 20.0. The summed E-state index contributed by atoms with van der Waals surface area (Å²) in [4.78, 5) is 6.83. The molecule has 0 fully saturated rings. The number of β-amino-alcohol motifs (C(OH)–C–C–N with tert-alkyl or cyclic N) is 1. The first-order chi connectivity index (χ1) is 14.1. The van der Waals surface area contributed by atoms with Crippen LogP contribution in [0.25, 0.3) is 21.3 Å². The molecule has 2 atom stereocenters. The summed E-state index contributed by atoms with van der Waals surface area (Å²) in [6.45, 7) is 3.77. The first kappa shape index (κ1) is 18.5. The van der Waals surface area contributed by atoms with Crippen LogP contribution in [-0.2, 0) is 13.5 Å². The van der Waals surface area contributed by atoms with Crippen molar-refractivity contribution in [2.45, 2.75) is 25.5 Å². The van der Waals surface area contributed by atoms with E-state index < -0.39 is 6.10 Å². The molecule has 0 radical (unpaired) electrons. The lowest BCUT2D eigenvalue weighted by molar-refractivity contribution is 0.0985. The quantitative estimate of drug-likeness (QED) is 0.552. The van der Waals surface area contributed by atoms with Gasteiger partial charge >= 0.3 is 0 Å². The predicted octanol–water partition coefficient (Wildman–Crippen LogP) is 4.35. The summed E-state index contributed by atoms with van der Waals surface area (Å²) in [7, 11) is 1.93. The number of hydrogen-bond donors (Lipinski definition) is 1. The van der Waals surface area contributed by atoms with Crippen molar-refractivity contribution in [3.63, 3.8) is 0 Å². The molecule has 4 aromatic rings. The van der Waals surface area contributed by atoms with Crippen molar-refractivity contribution in [1.29, 1.82) is 0 Å². The van der Waals surface area contributed by atoms with Crippen LogP contribution < -0.4 is 0 Å². The minimum absolute atomic E-state index is 0.225. The van der Waals surface area contributed by atoms with Gasteiger partial charge in [0.1, 0.15) is 0 Å². The van der Waals surface area contributed by atoms with Crippen molar-refractivity contribution in [2.24, 2.45) is 7.05 Å². The second kappa shape index (κ2) is 7.37. The maximum absolute atomic E-state index is 10.9. The van der Waals surface area contributed by atoms with E-state index in [-0.39, 0.29) is 6.04 Å². The van der Waals surface area contributed by atoms with E-state index in [1.165, 1.54) is 15.8 Å². The van der Waals surface area contributed by atoms with Crippen LogP contribution in [0.4, 0.5) is 0 Å². The summed E-state index contributed by atoms with van der Waals surface area (Å²) in [6.07, 6.45) is 4.35. The number of thiazole rings is 1. The number of aliphatic hydroxyl groups is 1. The van der Waals surface area contributed by atoms with Crippen molar-refractivity contribution in [3.8, 4) is 11.1 Å². The maximum atomic E-state index is 10.9. The lowest BCUT2D eigenvalue weighted by Crippen LogP contribution is -2.31. The van der Waals surface area contributed by atoms with Gasteiger partial charge in [-0.05, 0) is 47.7 Å². The van der Waals surface area contributed by atoms with E-state index in [4.69, 9.17) is 0 Å². The third-order valence-electron chi connectivity index (χ3n) is 6.00. The third-order valence-corrected chi connectivity index (χ3v) is 6.81. The highest BCUT2D eigenvalue weighted by Crippen LogP contribution is 2.32. The molecule has 148 valence electrons. The van der Waals surface area contributed by atoms with E-state index in [1.807, 2.05) is 29.6 Å². The lowest BCUT2D eigenvalue weighted by atomic mass is 9.96. The molecular weight excluding hydrogens is 380 g/mol. The number of aliphatic hydroxyl groups excluding tert-OH is 1. The summed E-state index contributed by atoms with van der Waals surface area (Å²) >= 11 is 1.67. The number of aryl methyl sites for hydroxylation is 1. The van der Waals surface area contributed by atoms with Gasteiger partial charge in [-0.2, -0.15) is 5.10 Å². The van der Waals surface area contributed by atoms with Gasteiger partial charge in [0.25, 0.3) is 0 Å². The van der Waals surface area contributed by atoms with Gasteiger partial charge in [-0.15, -0.1) is 11.3 Å². The molecule has 0 aliphatic carbocycles. The Kier molecular flexibility index (Phi) is 4.70. The maximum Gasteiger partial charge on any atom is 0.0919 e. The van der Waals surface area contributed by atoms with Gasteiger partial charge in [-0.3, -0.25) is 9.58 Å². The molecule has 1 aliphatic heterocycles. The van der Waals surface area contributed by atoms with E-state index in [1.54, 1.807) is 11.3 Å². The van der Waals surface area contributed by atoms with Crippen LogP contribution in [0.15, 0.2) is 54.3 Å². The van der Waals surface area contributed by atoms with Crippen LogP contribution in [0.2, 0.25) is 0 Å². The smallest absolute Gasteiger partial charge is 0.0919 e. The zero-order valence-electron chi connectivity index (χ0n) is 16.6. The molecule has 6 heteroatoms. The normalized spacial score (nSPS) is 18.5. The van der Waals surface area contributed by atoms with Gasteiger partial charge in [0.15, 0.2) is 0 Å². The van der Waals surface area contributed by atoms with Crippen molar-refractivity contribution in [1.82, 2.24) is 19.7 Å². The van der Waals surface area contributed by atoms with Crippen molar-refractivity contribution < 1.29 is 5.11 Å². The molecule has 3 heterocycles. The second-order valence-corrected chi connectivity index (χ2v) is 8.72. The minimum Gasteiger partial charge on any atom is -0.387 e. The van der Waals surface area contributed by atoms with E-state index >= 15 is 0 Å². The van der Waals surface area contributed by atoms with Crippen LogP contribution in [0.1, 0.15) is 35.8 Å². The summed E-state index contributed by atoms with van der Waals surface area (Å²) in [5.74, 6) is 0. The monoisotopic (exact) mass is 404 g/mol. The fraction of sp³-hybridized carbons (Fsp3) is 0.304. The Hall–Kier alpha value is -2.54. The summed E-state index contributed by atoms with van der Waals surface area (Å²) in [5.41, 5.74) is 8.73. The molecule has 0 amide bonds. The standard InChI is InChI=1S/C23H24N4OS/c1-15(16-4-6-23-21(10-16)24-14-29-23)27-8-7-18-9-17(19-11-25-26(2)12-19)3-5-20(18)22(28)13-27/h3-6,9-12,14-15,22,28H,7-8,13H2,1-2H3. The molecule has 5 nitrogen and oxygen atoms in total. The number of nitrogens with zero attached hydrogens (tertiary/aromatic N) is 4. The molecule has 0 spiro atoms. The Morgan fingerprint density at radius 2 is 2.07 bits per heavy atom. The van der Waals surface area contributed by atoms with Gasteiger partial charge < -0.3 is 5.11 Å². The average molecular weight is 405 g/mol. The number of aromatic nitrogens is 3. The Bertz CT molecular complexity index is 1160. The molecule has 2 aromatic carbocycles. The molecular formula is C23H24N4OS. The van der Waals surface area contributed by atoms with Crippen molar-refractivity contribution in [3.05, 3.63) is 71.0 Å². The Morgan fingerprint density at radius 3 is 2.90 bits per heavy atom. The van der Waals surface area contributed by atoms with Crippen LogP contribution >= 0.6 is 11.3 Å². The van der Waals surface area contributed by atoms with Gasteiger partial charge in [0.05, 0.1) is 28.0 Å². The van der Waals surface area contributed by atoms with Crippen LogP contribution in [-0.4, -0.2) is 37.9 Å². The first-order valence-corrected chi connectivity index (χ1v) is 10.8. The van der Waals surface area contributed by atoms with Crippen LogP contribution in [0.5, 0.6) is 0 Å². The topological polar surface area (TPSA) is 54.2 Å². The molecule has 5 rings (SSSR count). The molecule has 0 saturated carbocycles.